The van der Waals surface area contributed by atoms with Crippen LogP contribution in [0.1, 0.15) is 57.6 Å². The lowest BCUT2D eigenvalue weighted by molar-refractivity contribution is 0.0490. The van der Waals surface area contributed by atoms with Crippen LogP contribution in [0.2, 0.25) is 0 Å². The van der Waals surface area contributed by atoms with Crippen LogP contribution in [0.5, 0.6) is 5.75 Å². The van der Waals surface area contributed by atoms with Gasteiger partial charge in [0.25, 0.3) is 0 Å². The number of alkyl carbamates (subject to hydrolysis) is 1. The molecular formula is C23H38N4O3. The van der Waals surface area contributed by atoms with Crippen molar-refractivity contribution in [3.8, 4) is 5.75 Å². The number of nitrogens with zero attached hydrogens (tertiary/aromatic N) is 1. The lowest BCUT2D eigenvalue weighted by atomic mass is 9.91. The molecule has 1 amide bonds. The maximum absolute atomic E-state index is 11.9. The number of benzene rings is 1. The van der Waals surface area contributed by atoms with Crippen molar-refractivity contribution in [1.29, 1.82) is 0 Å². The topological polar surface area (TPSA) is 84.0 Å². The Bertz CT molecular complexity index is 720. The van der Waals surface area contributed by atoms with Crippen LogP contribution in [0.15, 0.2) is 23.2 Å². The highest BCUT2D eigenvalue weighted by Gasteiger charge is 2.25. The van der Waals surface area contributed by atoms with Gasteiger partial charge in [-0.25, -0.2) is 4.79 Å². The number of amides is 1. The molecule has 1 aromatic carbocycles. The third-order valence-corrected chi connectivity index (χ3v) is 5.19. The highest BCUT2D eigenvalue weighted by molar-refractivity contribution is 5.80. The molecule has 0 spiro atoms. The van der Waals surface area contributed by atoms with Gasteiger partial charge in [-0.2, -0.15) is 0 Å². The van der Waals surface area contributed by atoms with Gasteiger partial charge in [0.05, 0.1) is 7.11 Å². The summed E-state index contributed by atoms with van der Waals surface area (Å²) >= 11 is 0. The normalized spacial score (nSPS) is 19.7. The quantitative estimate of drug-likeness (QED) is 0.486. The predicted molar refractivity (Wildman–Crippen MR) is 121 cm³/mol. The summed E-state index contributed by atoms with van der Waals surface area (Å²) in [7, 11) is 3.49. The van der Waals surface area contributed by atoms with E-state index in [1.807, 2.05) is 27.7 Å². The molecule has 1 aliphatic carbocycles. The molecule has 1 aliphatic rings. The average molecular weight is 419 g/mol. The van der Waals surface area contributed by atoms with Gasteiger partial charge >= 0.3 is 6.09 Å². The van der Waals surface area contributed by atoms with E-state index in [1.165, 1.54) is 5.56 Å². The Morgan fingerprint density at radius 3 is 2.33 bits per heavy atom. The number of nitrogens with one attached hydrogen (secondary N) is 3. The van der Waals surface area contributed by atoms with Crippen molar-refractivity contribution in [2.45, 2.75) is 77.5 Å². The van der Waals surface area contributed by atoms with Crippen molar-refractivity contribution in [2.24, 2.45) is 4.99 Å². The van der Waals surface area contributed by atoms with Crippen LogP contribution in [0.25, 0.3) is 0 Å². The summed E-state index contributed by atoms with van der Waals surface area (Å²) in [4.78, 5) is 16.3. The van der Waals surface area contributed by atoms with Gasteiger partial charge in [-0.1, -0.05) is 12.1 Å². The van der Waals surface area contributed by atoms with E-state index in [2.05, 4.69) is 39.1 Å². The summed E-state index contributed by atoms with van der Waals surface area (Å²) < 4.78 is 10.7. The lowest BCUT2D eigenvalue weighted by Gasteiger charge is -2.31. The number of hydrogen-bond acceptors (Lipinski definition) is 4. The van der Waals surface area contributed by atoms with Crippen LogP contribution >= 0.6 is 0 Å². The second-order valence-corrected chi connectivity index (χ2v) is 8.89. The van der Waals surface area contributed by atoms with E-state index < -0.39 is 5.60 Å². The molecule has 0 saturated heterocycles. The van der Waals surface area contributed by atoms with Gasteiger partial charge in [0.15, 0.2) is 5.96 Å². The zero-order chi connectivity index (χ0) is 22.1. The fraction of sp³-hybridized carbons (Fsp3) is 0.652. The summed E-state index contributed by atoms with van der Waals surface area (Å²) in [5.74, 6) is 1.74. The summed E-state index contributed by atoms with van der Waals surface area (Å²) in [5.41, 5.74) is 1.91. The van der Waals surface area contributed by atoms with E-state index in [9.17, 15) is 4.79 Å². The minimum absolute atomic E-state index is 0.171. The summed E-state index contributed by atoms with van der Waals surface area (Å²) in [5, 5.41) is 9.88. The second-order valence-electron chi connectivity index (χ2n) is 8.89. The molecule has 30 heavy (non-hydrogen) atoms. The van der Waals surface area contributed by atoms with Crippen molar-refractivity contribution in [2.75, 3.05) is 20.7 Å². The molecule has 1 aromatic rings. The van der Waals surface area contributed by atoms with Gasteiger partial charge in [-0.15, -0.1) is 0 Å². The number of aryl methyl sites for hydroxylation is 1. The molecule has 3 N–H and O–H groups in total. The standard InChI is InChI=1S/C23H38N4O3/c1-16-7-8-17(15-20(16)29-6)13-14-25-21(24-5)26-18-9-11-19(12-10-18)27-22(28)30-23(2,3)4/h7-8,15,18-19H,9-14H2,1-6H3,(H,27,28)(H2,24,25,26). The van der Waals surface area contributed by atoms with Crippen LogP contribution in [0, 0.1) is 6.92 Å². The van der Waals surface area contributed by atoms with E-state index in [-0.39, 0.29) is 12.1 Å². The Labute approximate surface area is 181 Å². The molecule has 7 heteroatoms. The molecule has 0 aromatic heterocycles. The van der Waals surface area contributed by atoms with Crippen LogP contribution in [0.4, 0.5) is 4.79 Å². The van der Waals surface area contributed by atoms with Crippen LogP contribution in [0.3, 0.4) is 0 Å². The van der Waals surface area contributed by atoms with Crippen molar-refractivity contribution < 1.29 is 14.3 Å². The minimum atomic E-state index is -0.468. The molecule has 0 bridgehead atoms. The van der Waals surface area contributed by atoms with Gasteiger partial charge in [0.1, 0.15) is 11.4 Å². The second kappa shape index (κ2) is 11.1. The Morgan fingerprint density at radius 1 is 1.13 bits per heavy atom. The Balaban J connectivity index is 1.71. The van der Waals surface area contributed by atoms with Crippen molar-refractivity contribution in [3.05, 3.63) is 29.3 Å². The van der Waals surface area contributed by atoms with E-state index in [1.54, 1.807) is 14.2 Å². The van der Waals surface area contributed by atoms with Gasteiger partial charge in [0.2, 0.25) is 0 Å². The van der Waals surface area contributed by atoms with E-state index in [4.69, 9.17) is 9.47 Å². The fourth-order valence-electron chi connectivity index (χ4n) is 3.59. The third kappa shape index (κ3) is 8.13. The lowest BCUT2D eigenvalue weighted by Crippen LogP contribution is -2.48. The fourth-order valence-corrected chi connectivity index (χ4v) is 3.59. The summed E-state index contributed by atoms with van der Waals surface area (Å²) in [6.45, 7) is 8.47. The van der Waals surface area contributed by atoms with Gasteiger partial charge in [0, 0.05) is 25.7 Å². The number of carbonyl (C=O) groups excluding carboxylic acids is 1. The zero-order valence-corrected chi connectivity index (χ0v) is 19.3. The van der Waals surface area contributed by atoms with E-state index in [0.717, 1.165) is 55.9 Å². The molecule has 0 unspecified atom stereocenters. The first-order valence-electron chi connectivity index (χ1n) is 10.8. The number of ether oxygens (including phenoxy) is 2. The highest BCUT2D eigenvalue weighted by atomic mass is 16.6. The van der Waals surface area contributed by atoms with Crippen LogP contribution in [-0.2, 0) is 11.2 Å². The highest BCUT2D eigenvalue weighted by Crippen LogP contribution is 2.20. The molecule has 0 aliphatic heterocycles. The molecule has 7 nitrogen and oxygen atoms in total. The molecular weight excluding hydrogens is 380 g/mol. The van der Waals surface area contributed by atoms with Crippen molar-refractivity contribution in [1.82, 2.24) is 16.0 Å². The zero-order valence-electron chi connectivity index (χ0n) is 19.3. The first-order valence-corrected chi connectivity index (χ1v) is 10.8. The Kier molecular flexibility index (Phi) is 8.81. The number of aliphatic imine (C=N–C) groups is 1. The number of rotatable bonds is 6. The van der Waals surface area contributed by atoms with Crippen molar-refractivity contribution >= 4 is 12.1 Å². The predicted octanol–water partition coefficient (Wildman–Crippen LogP) is 3.55. The third-order valence-electron chi connectivity index (χ3n) is 5.19. The van der Waals surface area contributed by atoms with Gasteiger partial charge < -0.3 is 25.4 Å². The monoisotopic (exact) mass is 418 g/mol. The first-order chi connectivity index (χ1) is 14.2. The molecule has 0 radical (unpaired) electrons. The number of carbonyl (C=O) groups is 1. The molecule has 168 valence electrons. The SMILES string of the molecule is CN=C(NCCc1ccc(C)c(OC)c1)NC1CCC(NC(=O)OC(C)(C)C)CC1. The maximum Gasteiger partial charge on any atom is 0.407 e. The minimum Gasteiger partial charge on any atom is -0.496 e. The number of hydrogen-bond donors (Lipinski definition) is 3. The number of methoxy groups -OCH3 is 1. The van der Waals surface area contributed by atoms with Crippen LogP contribution in [-0.4, -0.2) is 50.4 Å². The summed E-state index contributed by atoms with van der Waals surface area (Å²) in [6, 6.07) is 6.84. The van der Waals surface area contributed by atoms with E-state index >= 15 is 0 Å². The van der Waals surface area contributed by atoms with Gasteiger partial charge in [-0.05, 0) is 77.0 Å². The summed E-state index contributed by atoms with van der Waals surface area (Å²) in [6.07, 6.45) is 4.38. The maximum atomic E-state index is 11.9. The molecule has 0 atom stereocenters. The Morgan fingerprint density at radius 2 is 1.77 bits per heavy atom. The number of guanidine groups is 1. The average Bonchev–Trinajstić information content (AvgIpc) is 2.68. The molecule has 1 fully saturated rings. The van der Waals surface area contributed by atoms with Crippen LogP contribution < -0.4 is 20.7 Å². The van der Waals surface area contributed by atoms with E-state index in [0.29, 0.717) is 6.04 Å². The Hall–Kier alpha value is -2.44. The molecule has 0 heterocycles. The molecule has 2 rings (SSSR count). The largest absolute Gasteiger partial charge is 0.496 e. The first kappa shape index (κ1) is 23.8. The molecule has 1 saturated carbocycles. The smallest absolute Gasteiger partial charge is 0.407 e. The van der Waals surface area contributed by atoms with Gasteiger partial charge in [-0.3, -0.25) is 4.99 Å². The van der Waals surface area contributed by atoms with Crippen molar-refractivity contribution in [3.63, 3.8) is 0 Å².